The van der Waals surface area contributed by atoms with E-state index in [2.05, 4.69) is 5.32 Å². The quantitative estimate of drug-likeness (QED) is 0.461. The van der Waals surface area contributed by atoms with Gasteiger partial charge in [-0.25, -0.2) is 0 Å². The maximum atomic E-state index is 12.2. The van der Waals surface area contributed by atoms with E-state index < -0.39 is 0 Å². The van der Waals surface area contributed by atoms with Gasteiger partial charge in [0, 0.05) is 23.2 Å². The van der Waals surface area contributed by atoms with E-state index in [1.165, 1.54) is 13.2 Å². The largest absolute Gasteiger partial charge is 0.489 e. The summed E-state index contributed by atoms with van der Waals surface area (Å²) in [6.07, 6.45) is 7.13. The first-order valence-corrected chi connectivity index (χ1v) is 10.9. The zero-order valence-electron chi connectivity index (χ0n) is 17.7. The molecule has 1 N–H and O–H groups in total. The van der Waals surface area contributed by atoms with Crippen molar-refractivity contribution in [2.75, 3.05) is 13.7 Å². The highest BCUT2D eigenvalue weighted by Crippen LogP contribution is 2.30. The lowest BCUT2D eigenvalue weighted by atomic mass is 9.79. The van der Waals surface area contributed by atoms with Crippen molar-refractivity contribution in [2.24, 2.45) is 11.8 Å². The molecule has 1 saturated carbocycles. The predicted octanol–water partition coefficient (Wildman–Crippen LogP) is 5.03. The maximum Gasteiger partial charge on any atom is 0.309 e. The minimum atomic E-state index is -0.175. The first-order valence-electron chi connectivity index (χ1n) is 10.6. The molecule has 0 heterocycles. The van der Waals surface area contributed by atoms with E-state index >= 15 is 0 Å². The molecule has 2 atom stereocenters. The molecule has 1 aliphatic carbocycles. The van der Waals surface area contributed by atoms with Gasteiger partial charge < -0.3 is 14.8 Å². The lowest BCUT2D eigenvalue weighted by Gasteiger charge is -2.29. The molecule has 6 heteroatoms. The zero-order valence-corrected chi connectivity index (χ0v) is 18.4. The molecule has 2 aromatic carbocycles. The van der Waals surface area contributed by atoms with E-state index in [-0.39, 0.29) is 23.7 Å². The molecule has 1 fully saturated rings. The monoisotopic (exact) mass is 441 g/mol. The molecule has 0 spiro atoms. The van der Waals surface area contributed by atoms with Gasteiger partial charge in [0.15, 0.2) is 0 Å². The molecule has 0 radical (unpaired) electrons. The fourth-order valence-corrected chi connectivity index (χ4v) is 4.02. The standard InChI is InChI=1S/C25H28ClNO4/c1-30-25(29)22-8-4-2-6-19(22)16-27-24(28)15-12-18-10-13-21(14-11-18)31-17-20-7-3-5-9-23(20)26/h3,5,7,9-15,19,22H,2,4,6,8,16-17H2,1H3,(H,27,28)/b15-12+. The van der Waals surface area contributed by atoms with Gasteiger partial charge in [0.25, 0.3) is 0 Å². The van der Waals surface area contributed by atoms with Gasteiger partial charge in [-0.1, -0.05) is 54.8 Å². The third-order valence-corrected chi connectivity index (χ3v) is 5.98. The number of carbonyl (C=O) groups is 2. The second kappa shape index (κ2) is 11.6. The summed E-state index contributed by atoms with van der Waals surface area (Å²) in [5, 5.41) is 3.60. The highest BCUT2D eigenvalue weighted by molar-refractivity contribution is 6.31. The summed E-state index contributed by atoms with van der Waals surface area (Å²) in [4.78, 5) is 24.2. The summed E-state index contributed by atoms with van der Waals surface area (Å²) in [5.74, 6) is 0.390. The summed E-state index contributed by atoms with van der Waals surface area (Å²) in [5.41, 5.74) is 1.82. The van der Waals surface area contributed by atoms with E-state index in [0.717, 1.165) is 42.6 Å². The number of methoxy groups -OCH3 is 1. The summed E-state index contributed by atoms with van der Waals surface area (Å²) >= 11 is 6.14. The maximum absolute atomic E-state index is 12.2. The van der Waals surface area contributed by atoms with E-state index in [9.17, 15) is 9.59 Å². The Labute approximate surface area is 188 Å². The van der Waals surface area contributed by atoms with Crippen molar-refractivity contribution >= 4 is 29.6 Å². The number of amides is 1. The minimum Gasteiger partial charge on any atom is -0.489 e. The number of esters is 1. The molecular weight excluding hydrogens is 414 g/mol. The molecule has 2 unspecified atom stereocenters. The van der Waals surface area contributed by atoms with Crippen LogP contribution in [0.15, 0.2) is 54.6 Å². The lowest BCUT2D eigenvalue weighted by molar-refractivity contribution is -0.148. The number of rotatable bonds is 8. The van der Waals surface area contributed by atoms with Crippen molar-refractivity contribution in [3.05, 3.63) is 70.8 Å². The highest BCUT2D eigenvalue weighted by atomic mass is 35.5. The molecule has 1 amide bonds. The Morgan fingerprint density at radius 1 is 1.10 bits per heavy atom. The Balaban J connectivity index is 1.47. The van der Waals surface area contributed by atoms with Gasteiger partial charge in [0.1, 0.15) is 12.4 Å². The van der Waals surface area contributed by atoms with Crippen LogP contribution in [-0.2, 0) is 20.9 Å². The highest BCUT2D eigenvalue weighted by Gasteiger charge is 2.31. The molecule has 0 bridgehead atoms. The van der Waals surface area contributed by atoms with Crippen LogP contribution in [0, 0.1) is 11.8 Å². The average molecular weight is 442 g/mol. The second-order valence-corrected chi connectivity index (χ2v) is 8.11. The van der Waals surface area contributed by atoms with Crippen molar-refractivity contribution in [1.29, 1.82) is 0 Å². The fourth-order valence-electron chi connectivity index (χ4n) is 3.83. The number of hydrogen-bond donors (Lipinski definition) is 1. The molecule has 0 aromatic heterocycles. The van der Waals surface area contributed by atoms with Crippen LogP contribution in [-0.4, -0.2) is 25.5 Å². The van der Waals surface area contributed by atoms with Gasteiger partial charge in [0.05, 0.1) is 13.0 Å². The Morgan fingerprint density at radius 2 is 1.84 bits per heavy atom. The normalized spacial score (nSPS) is 18.5. The number of hydrogen-bond acceptors (Lipinski definition) is 4. The van der Waals surface area contributed by atoms with E-state index in [1.54, 1.807) is 6.08 Å². The van der Waals surface area contributed by atoms with Crippen molar-refractivity contribution < 1.29 is 19.1 Å². The van der Waals surface area contributed by atoms with Gasteiger partial charge >= 0.3 is 5.97 Å². The molecule has 5 nitrogen and oxygen atoms in total. The summed E-state index contributed by atoms with van der Waals surface area (Å²) < 4.78 is 10.7. The van der Waals surface area contributed by atoms with E-state index in [0.29, 0.717) is 18.2 Å². The van der Waals surface area contributed by atoms with Gasteiger partial charge in [-0.05, 0) is 48.6 Å². The Kier molecular flexibility index (Phi) is 8.53. The van der Waals surface area contributed by atoms with Crippen LogP contribution in [0.3, 0.4) is 0 Å². The molecule has 164 valence electrons. The third-order valence-electron chi connectivity index (χ3n) is 5.61. The van der Waals surface area contributed by atoms with Crippen LogP contribution in [0.4, 0.5) is 0 Å². The number of halogens is 1. The first-order chi connectivity index (χ1) is 15.1. The second-order valence-electron chi connectivity index (χ2n) is 7.70. The molecule has 2 aromatic rings. The topological polar surface area (TPSA) is 64.6 Å². The van der Waals surface area contributed by atoms with Gasteiger partial charge in [-0.15, -0.1) is 0 Å². The van der Waals surface area contributed by atoms with Crippen LogP contribution in [0.1, 0.15) is 36.8 Å². The zero-order chi connectivity index (χ0) is 22.1. The van der Waals surface area contributed by atoms with E-state index in [4.69, 9.17) is 21.1 Å². The van der Waals surface area contributed by atoms with Crippen LogP contribution in [0.5, 0.6) is 5.75 Å². The number of nitrogens with one attached hydrogen (secondary N) is 1. The lowest BCUT2D eigenvalue weighted by Crippen LogP contribution is -2.37. The Morgan fingerprint density at radius 3 is 2.58 bits per heavy atom. The summed E-state index contributed by atoms with van der Waals surface area (Å²) in [6.45, 7) is 0.878. The minimum absolute atomic E-state index is 0.124. The SMILES string of the molecule is COC(=O)C1CCCCC1CNC(=O)/C=C/c1ccc(OCc2ccccc2Cl)cc1. The fraction of sp³-hybridized carbons (Fsp3) is 0.360. The Hall–Kier alpha value is -2.79. The van der Waals surface area contributed by atoms with E-state index in [1.807, 2.05) is 48.5 Å². The van der Waals surface area contributed by atoms with Gasteiger partial charge in [0.2, 0.25) is 5.91 Å². The van der Waals surface area contributed by atoms with Crippen LogP contribution >= 0.6 is 11.6 Å². The molecule has 0 aliphatic heterocycles. The first kappa shape index (κ1) is 22.9. The third kappa shape index (κ3) is 6.86. The molecule has 0 saturated heterocycles. The van der Waals surface area contributed by atoms with Crippen molar-refractivity contribution in [1.82, 2.24) is 5.32 Å². The van der Waals surface area contributed by atoms with Crippen LogP contribution in [0.2, 0.25) is 5.02 Å². The number of ether oxygens (including phenoxy) is 2. The summed E-state index contributed by atoms with van der Waals surface area (Å²) in [7, 11) is 1.42. The summed E-state index contributed by atoms with van der Waals surface area (Å²) in [6, 6.07) is 15.1. The number of benzene rings is 2. The molecule has 31 heavy (non-hydrogen) atoms. The number of carbonyl (C=O) groups excluding carboxylic acids is 2. The van der Waals surface area contributed by atoms with Crippen LogP contribution < -0.4 is 10.1 Å². The average Bonchev–Trinajstić information content (AvgIpc) is 2.81. The molecule has 3 rings (SSSR count). The van der Waals surface area contributed by atoms with Crippen molar-refractivity contribution in [2.45, 2.75) is 32.3 Å². The molecular formula is C25H28ClNO4. The van der Waals surface area contributed by atoms with Crippen LogP contribution in [0.25, 0.3) is 6.08 Å². The smallest absolute Gasteiger partial charge is 0.309 e. The van der Waals surface area contributed by atoms with Crippen molar-refractivity contribution in [3.8, 4) is 5.75 Å². The van der Waals surface area contributed by atoms with Crippen molar-refractivity contribution in [3.63, 3.8) is 0 Å². The Bertz CT molecular complexity index is 910. The van der Waals surface area contributed by atoms with Gasteiger partial charge in [-0.2, -0.15) is 0 Å². The predicted molar refractivity (Wildman–Crippen MR) is 122 cm³/mol. The van der Waals surface area contributed by atoms with Gasteiger partial charge in [-0.3, -0.25) is 9.59 Å². The molecule has 1 aliphatic rings.